The summed E-state index contributed by atoms with van der Waals surface area (Å²) in [5.41, 5.74) is 0.723. The highest BCUT2D eigenvalue weighted by Gasteiger charge is 2.26. The summed E-state index contributed by atoms with van der Waals surface area (Å²) in [6, 6.07) is 4.25. The lowest BCUT2D eigenvalue weighted by atomic mass is 10.2. The SMILES string of the molecule is CN(C)CC1CCCN1CC(=O)c1ccc[nH]1. The lowest BCUT2D eigenvalue weighted by Gasteiger charge is -2.26. The first-order valence-electron chi connectivity index (χ1n) is 6.22. The van der Waals surface area contributed by atoms with Crippen molar-refractivity contribution in [3.05, 3.63) is 24.0 Å². The van der Waals surface area contributed by atoms with E-state index in [0.717, 1.165) is 18.8 Å². The van der Waals surface area contributed by atoms with E-state index in [9.17, 15) is 4.79 Å². The number of H-pyrrole nitrogens is 1. The molecule has 1 atom stereocenters. The van der Waals surface area contributed by atoms with Crippen LogP contribution in [0.15, 0.2) is 18.3 Å². The van der Waals surface area contributed by atoms with Crippen LogP contribution in [0.5, 0.6) is 0 Å². The van der Waals surface area contributed by atoms with Crippen LogP contribution in [0.1, 0.15) is 23.3 Å². The number of aromatic amines is 1. The Morgan fingerprint density at radius 1 is 1.59 bits per heavy atom. The molecule has 0 bridgehead atoms. The number of nitrogens with one attached hydrogen (secondary N) is 1. The molecule has 2 heterocycles. The summed E-state index contributed by atoms with van der Waals surface area (Å²) in [4.78, 5) is 19.5. The van der Waals surface area contributed by atoms with Gasteiger partial charge in [-0.2, -0.15) is 0 Å². The van der Waals surface area contributed by atoms with E-state index in [0.29, 0.717) is 12.6 Å². The van der Waals surface area contributed by atoms with Gasteiger partial charge >= 0.3 is 0 Å². The summed E-state index contributed by atoms with van der Waals surface area (Å²) >= 11 is 0. The number of nitrogens with zero attached hydrogens (tertiary/aromatic N) is 2. The molecule has 0 saturated carbocycles. The molecule has 1 unspecified atom stereocenters. The van der Waals surface area contributed by atoms with Crippen LogP contribution in [0.4, 0.5) is 0 Å². The maximum Gasteiger partial charge on any atom is 0.192 e. The van der Waals surface area contributed by atoms with Crippen LogP contribution in [0.2, 0.25) is 0 Å². The molecule has 1 aromatic rings. The second kappa shape index (κ2) is 5.47. The fourth-order valence-corrected chi connectivity index (χ4v) is 2.50. The minimum Gasteiger partial charge on any atom is -0.359 e. The number of carbonyl (C=O) groups is 1. The van der Waals surface area contributed by atoms with Crippen molar-refractivity contribution in [1.82, 2.24) is 14.8 Å². The molecule has 1 aromatic heterocycles. The van der Waals surface area contributed by atoms with Crippen molar-refractivity contribution in [2.75, 3.05) is 33.7 Å². The van der Waals surface area contributed by atoms with E-state index in [1.54, 1.807) is 6.20 Å². The molecular formula is C13H21N3O. The van der Waals surface area contributed by atoms with Gasteiger partial charge in [-0.15, -0.1) is 0 Å². The molecule has 17 heavy (non-hydrogen) atoms. The lowest BCUT2D eigenvalue weighted by Crippen LogP contribution is -2.40. The highest BCUT2D eigenvalue weighted by atomic mass is 16.1. The fraction of sp³-hybridized carbons (Fsp3) is 0.615. The summed E-state index contributed by atoms with van der Waals surface area (Å²) in [5.74, 6) is 0.195. The molecule has 1 fully saturated rings. The predicted molar refractivity (Wildman–Crippen MR) is 68.3 cm³/mol. The van der Waals surface area contributed by atoms with Gasteiger partial charge in [0.15, 0.2) is 5.78 Å². The van der Waals surface area contributed by atoms with Gasteiger partial charge in [0.2, 0.25) is 0 Å². The Labute approximate surface area is 103 Å². The second-order valence-corrected chi connectivity index (χ2v) is 5.04. The van der Waals surface area contributed by atoms with Crippen LogP contribution in [0.3, 0.4) is 0 Å². The molecule has 0 radical (unpaired) electrons. The van der Waals surface area contributed by atoms with Crippen LogP contribution in [-0.2, 0) is 0 Å². The quantitative estimate of drug-likeness (QED) is 0.780. The number of Topliss-reactive ketones (excluding diaryl/α,β-unsaturated/α-hetero) is 1. The molecule has 0 amide bonds. The molecule has 4 nitrogen and oxygen atoms in total. The molecule has 1 saturated heterocycles. The number of ketones is 1. The number of carbonyl (C=O) groups excluding carboxylic acids is 1. The van der Waals surface area contributed by atoms with Crippen LogP contribution in [0, 0.1) is 0 Å². The Morgan fingerprint density at radius 2 is 2.41 bits per heavy atom. The first kappa shape index (κ1) is 12.3. The highest BCUT2D eigenvalue weighted by molar-refractivity contribution is 5.95. The molecule has 1 aliphatic rings. The lowest BCUT2D eigenvalue weighted by molar-refractivity contribution is 0.0906. The monoisotopic (exact) mass is 235 g/mol. The number of aromatic nitrogens is 1. The third-order valence-corrected chi connectivity index (χ3v) is 3.32. The van der Waals surface area contributed by atoms with Crippen molar-refractivity contribution in [2.24, 2.45) is 0 Å². The Kier molecular flexibility index (Phi) is 3.97. The molecular weight excluding hydrogens is 214 g/mol. The van der Waals surface area contributed by atoms with Crippen LogP contribution < -0.4 is 0 Å². The minimum absolute atomic E-state index is 0.195. The van der Waals surface area contributed by atoms with Crippen molar-refractivity contribution < 1.29 is 4.79 Å². The molecule has 1 aliphatic heterocycles. The molecule has 0 aliphatic carbocycles. The summed E-state index contributed by atoms with van der Waals surface area (Å²) in [7, 11) is 4.17. The van der Waals surface area contributed by atoms with E-state index in [2.05, 4.69) is 28.9 Å². The molecule has 0 aromatic carbocycles. The summed E-state index contributed by atoms with van der Waals surface area (Å²) < 4.78 is 0. The first-order chi connectivity index (χ1) is 8.16. The zero-order chi connectivity index (χ0) is 12.3. The Morgan fingerprint density at radius 3 is 3.06 bits per heavy atom. The summed E-state index contributed by atoms with van der Waals surface area (Å²) in [6.45, 7) is 2.63. The Hall–Kier alpha value is -1.13. The van der Waals surface area contributed by atoms with Gasteiger partial charge in [-0.25, -0.2) is 0 Å². The first-order valence-corrected chi connectivity index (χ1v) is 6.22. The zero-order valence-electron chi connectivity index (χ0n) is 10.6. The Bertz CT molecular complexity index is 359. The maximum absolute atomic E-state index is 12.0. The average Bonchev–Trinajstić information content (AvgIpc) is 2.89. The third-order valence-electron chi connectivity index (χ3n) is 3.32. The molecule has 4 heteroatoms. The van der Waals surface area contributed by atoms with Gasteiger partial charge in [0.25, 0.3) is 0 Å². The largest absolute Gasteiger partial charge is 0.359 e. The van der Waals surface area contributed by atoms with Gasteiger partial charge in [-0.3, -0.25) is 9.69 Å². The van der Waals surface area contributed by atoms with E-state index in [1.807, 2.05) is 12.1 Å². The van der Waals surface area contributed by atoms with Gasteiger partial charge in [0.1, 0.15) is 0 Å². The number of hydrogen-bond acceptors (Lipinski definition) is 3. The minimum atomic E-state index is 0.195. The maximum atomic E-state index is 12.0. The third kappa shape index (κ3) is 3.17. The van der Waals surface area contributed by atoms with Gasteiger partial charge in [-0.1, -0.05) is 0 Å². The molecule has 94 valence electrons. The van der Waals surface area contributed by atoms with Crippen molar-refractivity contribution in [1.29, 1.82) is 0 Å². The second-order valence-electron chi connectivity index (χ2n) is 5.04. The normalized spacial score (nSPS) is 21.2. The topological polar surface area (TPSA) is 39.3 Å². The highest BCUT2D eigenvalue weighted by Crippen LogP contribution is 2.18. The zero-order valence-corrected chi connectivity index (χ0v) is 10.6. The van der Waals surface area contributed by atoms with E-state index >= 15 is 0 Å². The number of hydrogen-bond donors (Lipinski definition) is 1. The van der Waals surface area contributed by atoms with Gasteiger partial charge in [0.05, 0.1) is 12.2 Å². The smallest absolute Gasteiger partial charge is 0.192 e. The van der Waals surface area contributed by atoms with Crippen molar-refractivity contribution >= 4 is 5.78 Å². The summed E-state index contributed by atoms with van der Waals surface area (Å²) in [6.07, 6.45) is 4.21. The van der Waals surface area contributed by atoms with Gasteiger partial charge in [-0.05, 0) is 45.6 Å². The van der Waals surface area contributed by atoms with E-state index in [-0.39, 0.29) is 5.78 Å². The molecule has 2 rings (SSSR count). The van der Waals surface area contributed by atoms with Crippen LogP contribution in [-0.4, -0.2) is 60.3 Å². The average molecular weight is 235 g/mol. The van der Waals surface area contributed by atoms with Crippen LogP contribution in [0.25, 0.3) is 0 Å². The van der Waals surface area contributed by atoms with E-state index in [1.165, 1.54) is 12.8 Å². The van der Waals surface area contributed by atoms with Gasteiger partial charge < -0.3 is 9.88 Å². The van der Waals surface area contributed by atoms with Crippen molar-refractivity contribution in [3.63, 3.8) is 0 Å². The van der Waals surface area contributed by atoms with Crippen molar-refractivity contribution in [3.8, 4) is 0 Å². The van der Waals surface area contributed by atoms with E-state index < -0.39 is 0 Å². The fourth-order valence-electron chi connectivity index (χ4n) is 2.50. The standard InChI is InChI=1S/C13H21N3O/c1-15(2)9-11-5-4-8-16(11)10-13(17)12-6-3-7-14-12/h3,6-7,11,14H,4-5,8-10H2,1-2H3. The van der Waals surface area contributed by atoms with Gasteiger partial charge in [0, 0.05) is 18.8 Å². The number of rotatable bonds is 5. The summed E-state index contributed by atoms with van der Waals surface area (Å²) in [5, 5.41) is 0. The number of likely N-dealkylation sites (N-methyl/N-ethyl adjacent to an activating group) is 1. The van der Waals surface area contributed by atoms with Crippen LogP contribution >= 0.6 is 0 Å². The number of likely N-dealkylation sites (tertiary alicyclic amines) is 1. The molecule has 0 spiro atoms. The predicted octanol–water partition coefficient (Wildman–Crippen LogP) is 1.22. The molecule has 1 N–H and O–H groups in total. The Balaban J connectivity index is 1.91. The van der Waals surface area contributed by atoms with E-state index in [4.69, 9.17) is 0 Å². The van der Waals surface area contributed by atoms with Crippen molar-refractivity contribution in [2.45, 2.75) is 18.9 Å².